The van der Waals surface area contributed by atoms with Gasteiger partial charge in [0.15, 0.2) is 0 Å². The van der Waals surface area contributed by atoms with Crippen LogP contribution in [0.4, 0.5) is 5.82 Å². The fourth-order valence-corrected chi connectivity index (χ4v) is 3.40. The molecule has 2 rings (SSSR count). The van der Waals surface area contributed by atoms with Crippen molar-refractivity contribution in [2.75, 3.05) is 11.9 Å². The third kappa shape index (κ3) is 3.44. The molecule has 1 heterocycles. The summed E-state index contributed by atoms with van der Waals surface area (Å²) in [5.41, 5.74) is 0.531. The summed E-state index contributed by atoms with van der Waals surface area (Å²) in [5, 5.41) is 0. The van der Waals surface area contributed by atoms with Crippen LogP contribution < -0.4 is 4.90 Å². The minimum atomic E-state index is 0.108. The van der Waals surface area contributed by atoms with Crippen LogP contribution >= 0.6 is 8.81 Å². The van der Waals surface area contributed by atoms with Crippen molar-refractivity contribution >= 4 is 19.0 Å². The van der Waals surface area contributed by atoms with Gasteiger partial charge < -0.3 is 0 Å². The maximum atomic E-state index is 9.19. The summed E-state index contributed by atoms with van der Waals surface area (Å²) in [6, 6.07) is 2.52. The van der Waals surface area contributed by atoms with Gasteiger partial charge in [-0.2, -0.15) is 0 Å². The predicted octanol–water partition coefficient (Wildman–Crippen LogP) is 1.51. The molecule has 1 atom stereocenters. The van der Waals surface area contributed by atoms with E-state index in [9.17, 15) is 4.89 Å². The van der Waals surface area contributed by atoms with Gasteiger partial charge in [0.25, 0.3) is 0 Å². The van der Waals surface area contributed by atoms with Crippen LogP contribution in [0.2, 0.25) is 0 Å². The molecule has 0 spiro atoms. The van der Waals surface area contributed by atoms with Crippen molar-refractivity contribution in [2.24, 2.45) is 0 Å². The first-order valence-corrected chi connectivity index (χ1v) is 8.87. The zero-order chi connectivity index (χ0) is 13.0. The molecule has 1 aliphatic rings. The summed E-state index contributed by atoms with van der Waals surface area (Å²) < 4.78 is 2.00. The van der Waals surface area contributed by atoms with Gasteiger partial charge in [0.1, 0.15) is 0 Å². The normalized spacial score (nSPS) is 24.3. The second-order valence-electron chi connectivity index (χ2n) is 4.64. The number of anilines is 1. The Morgan fingerprint density at radius 2 is 2.17 bits per heavy atom. The molecular formula is C12H18N3OPW. The fourth-order valence-electron chi connectivity index (χ4n) is 2.40. The minimum absolute atomic E-state index is 0.108. The molecule has 1 fully saturated rings. The van der Waals surface area contributed by atoms with Crippen LogP contribution in [0.5, 0.6) is 0 Å². The van der Waals surface area contributed by atoms with E-state index in [2.05, 4.69) is 21.9 Å². The molecule has 1 aromatic heterocycles. The number of hydrogen-bond donors (Lipinski definition) is 1. The molecule has 4 nitrogen and oxygen atoms in total. The quantitative estimate of drug-likeness (QED) is 0.729. The van der Waals surface area contributed by atoms with E-state index < -0.39 is 0 Å². The van der Waals surface area contributed by atoms with Gasteiger partial charge in [0, 0.05) is 0 Å². The Labute approximate surface area is 120 Å². The number of hydrogen-bond acceptors (Lipinski definition) is 4. The third-order valence-corrected chi connectivity index (χ3v) is 5.25. The van der Waals surface area contributed by atoms with E-state index in [-0.39, 0.29) is 8.81 Å². The van der Waals surface area contributed by atoms with Crippen molar-refractivity contribution in [3.05, 3.63) is 18.1 Å². The Kier molecular flexibility index (Phi) is 5.41. The first-order valence-electron chi connectivity index (χ1n) is 6.15. The first-order chi connectivity index (χ1) is 8.74. The average molecular weight is 435 g/mol. The monoisotopic (exact) mass is 435 g/mol. The molecule has 0 bridgehead atoms. The van der Waals surface area contributed by atoms with Crippen LogP contribution in [0.25, 0.3) is 0 Å². The van der Waals surface area contributed by atoms with Gasteiger partial charge in [-0.25, -0.2) is 0 Å². The van der Waals surface area contributed by atoms with E-state index in [1.54, 1.807) is 0 Å². The van der Waals surface area contributed by atoms with Crippen LogP contribution in [0, 0.1) is 0 Å². The standard InChI is InChI=1S/C12H18N3OP.W/c1-9-13-8-7-12(14-9)15(2)10-3-5-11(17-16)6-4-10;/h1,7-8,10-11,16-17H,3-6H2,2H3;. The van der Waals surface area contributed by atoms with Gasteiger partial charge in [-0.15, -0.1) is 0 Å². The average Bonchev–Trinajstić information content (AvgIpc) is 2.46. The second kappa shape index (κ2) is 6.84. The van der Waals surface area contributed by atoms with E-state index in [1.165, 1.54) is 19.4 Å². The van der Waals surface area contributed by atoms with Crippen LogP contribution in [-0.2, 0) is 19.4 Å². The van der Waals surface area contributed by atoms with Crippen molar-refractivity contribution in [1.82, 2.24) is 9.97 Å². The second-order valence-corrected chi connectivity index (χ2v) is 6.56. The number of nitrogens with zero attached hydrogens (tertiary/aromatic N) is 3. The van der Waals surface area contributed by atoms with E-state index in [0.717, 1.165) is 37.3 Å². The maximum absolute atomic E-state index is 9.19. The Hall–Kier alpha value is -0.172. The van der Waals surface area contributed by atoms with E-state index in [4.69, 9.17) is 0 Å². The van der Waals surface area contributed by atoms with Crippen LogP contribution in [-0.4, -0.2) is 38.0 Å². The van der Waals surface area contributed by atoms with Crippen molar-refractivity contribution in [3.63, 3.8) is 0 Å². The van der Waals surface area contributed by atoms with Gasteiger partial charge in [0.05, 0.1) is 0 Å². The Balaban J connectivity index is 2.02. The molecule has 1 N–H and O–H groups in total. The molecule has 1 aliphatic carbocycles. The molecule has 98 valence electrons. The molecule has 1 aromatic rings. The molecule has 0 radical (unpaired) electrons. The molecule has 0 amide bonds. The van der Waals surface area contributed by atoms with E-state index in [1.807, 2.05) is 16.7 Å². The molecule has 0 aliphatic heterocycles. The summed E-state index contributed by atoms with van der Waals surface area (Å²) in [4.78, 5) is 20.2. The predicted molar refractivity (Wildman–Crippen MR) is 72.2 cm³/mol. The Morgan fingerprint density at radius 1 is 1.44 bits per heavy atom. The summed E-state index contributed by atoms with van der Waals surface area (Å²) in [6.07, 6.45) is 6.39. The third-order valence-electron chi connectivity index (χ3n) is 3.55. The molecule has 1 saturated carbocycles. The molecule has 1 unspecified atom stereocenters. The first kappa shape index (κ1) is 14.2. The molecular weight excluding hydrogens is 417 g/mol. The zero-order valence-electron chi connectivity index (χ0n) is 10.4. The van der Waals surface area contributed by atoms with Crippen molar-refractivity contribution in [2.45, 2.75) is 37.4 Å². The SMILES string of the molecule is CN(c1ccnc([CH]=[W])n1)C1CCC(PO)CC1. The van der Waals surface area contributed by atoms with Gasteiger partial charge in [0.2, 0.25) is 0 Å². The Bertz CT molecular complexity index is 410. The topological polar surface area (TPSA) is 49.2 Å². The number of aromatic nitrogens is 2. The van der Waals surface area contributed by atoms with Crippen molar-refractivity contribution in [1.29, 1.82) is 0 Å². The van der Waals surface area contributed by atoms with Gasteiger partial charge in [-0.1, -0.05) is 0 Å². The Morgan fingerprint density at radius 3 is 2.78 bits per heavy atom. The summed E-state index contributed by atoms with van der Waals surface area (Å²) in [5.74, 6) is 1.83. The summed E-state index contributed by atoms with van der Waals surface area (Å²) >= 11 is 1.37. The van der Waals surface area contributed by atoms with E-state index in [0.29, 0.717) is 11.7 Å². The van der Waals surface area contributed by atoms with Crippen LogP contribution in [0.1, 0.15) is 31.5 Å². The molecule has 0 aromatic carbocycles. The van der Waals surface area contributed by atoms with Crippen LogP contribution in [0.15, 0.2) is 12.3 Å². The van der Waals surface area contributed by atoms with Gasteiger partial charge >= 0.3 is 121 Å². The van der Waals surface area contributed by atoms with Crippen LogP contribution in [0.3, 0.4) is 0 Å². The summed E-state index contributed by atoms with van der Waals surface area (Å²) in [6.45, 7) is 0. The number of rotatable bonds is 4. The molecule has 6 heteroatoms. The molecule has 0 saturated heterocycles. The van der Waals surface area contributed by atoms with Crippen molar-refractivity contribution < 1.29 is 24.2 Å². The summed E-state index contributed by atoms with van der Waals surface area (Å²) in [7, 11) is 2.22. The van der Waals surface area contributed by atoms with E-state index >= 15 is 0 Å². The zero-order valence-corrected chi connectivity index (χ0v) is 14.3. The fraction of sp³-hybridized carbons (Fsp3) is 0.583. The van der Waals surface area contributed by atoms with Gasteiger partial charge in [-0.3, -0.25) is 0 Å². The van der Waals surface area contributed by atoms with Crippen molar-refractivity contribution in [3.8, 4) is 0 Å². The molecule has 18 heavy (non-hydrogen) atoms. The van der Waals surface area contributed by atoms with Gasteiger partial charge in [-0.05, 0) is 0 Å².